The lowest BCUT2D eigenvalue weighted by atomic mass is 10.3. The smallest absolute Gasteiger partial charge is 0.257 e. The molecule has 0 atom stereocenters. The highest BCUT2D eigenvalue weighted by Gasteiger charge is 2.14. The fraction of sp³-hybridized carbons (Fsp3) is 0.182. The number of H-pyrrole nitrogens is 1. The van der Waals surface area contributed by atoms with Crippen LogP contribution >= 0.6 is 0 Å². The fourth-order valence-electron chi connectivity index (χ4n) is 1.42. The van der Waals surface area contributed by atoms with Gasteiger partial charge in [-0.2, -0.15) is 5.10 Å². The molecule has 19 heavy (non-hydrogen) atoms. The van der Waals surface area contributed by atoms with Crippen LogP contribution in [0.5, 0.6) is 5.75 Å². The van der Waals surface area contributed by atoms with Gasteiger partial charge in [0, 0.05) is 18.3 Å². The molecule has 0 bridgehead atoms. The Balaban J connectivity index is 1.81. The number of aromatic nitrogens is 2. The van der Waals surface area contributed by atoms with E-state index in [1.165, 1.54) is 12.3 Å². The molecule has 1 aromatic heterocycles. The van der Waals surface area contributed by atoms with Gasteiger partial charge in [-0.3, -0.25) is 5.10 Å². The Hall–Kier alpha value is -2.06. The maximum atomic E-state index is 11.7. The molecule has 2 rings (SSSR count). The molecule has 0 amide bonds. The summed E-state index contributed by atoms with van der Waals surface area (Å²) in [6, 6.07) is 8.30. The standard InChI is InChI=1S/C11H14N4O3S/c12-9-2-1-3-10(8-9)18-7-6-14-19(16,17)11-4-5-13-15-11/h1-5,8,14H,6-7,12H2,(H,13,15). The van der Waals surface area contributed by atoms with Crippen molar-refractivity contribution in [2.24, 2.45) is 0 Å². The third-order valence-corrected chi connectivity index (χ3v) is 3.68. The molecular formula is C11H14N4O3S. The van der Waals surface area contributed by atoms with Crippen LogP contribution in [0.2, 0.25) is 0 Å². The quantitative estimate of drug-likeness (QED) is 0.523. The molecular weight excluding hydrogens is 268 g/mol. The minimum absolute atomic E-state index is 0.0245. The van der Waals surface area contributed by atoms with Gasteiger partial charge in [-0.25, -0.2) is 13.1 Å². The Morgan fingerprint density at radius 3 is 2.89 bits per heavy atom. The Kier molecular flexibility index (Phi) is 4.03. The highest BCUT2D eigenvalue weighted by molar-refractivity contribution is 7.89. The molecule has 0 spiro atoms. The van der Waals surface area contributed by atoms with Crippen LogP contribution in [-0.2, 0) is 10.0 Å². The van der Waals surface area contributed by atoms with Crippen LogP contribution in [-0.4, -0.2) is 31.8 Å². The molecule has 0 radical (unpaired) electrons. The number of aromatic amines is 1. The molecule has 0 aliphatic heterocycles. The molecule has 0 aliphatic carbocycles. The van der Waals surface area contributed by atoms with Gasteiger partial charge in [0.15, 0.2) is 5.03 Å². The molecule has 0 unspecified atom stereocenters. The number of benzene rings is 1. The number of sulfonamides is 1. The van der Waals surface area contributed by atoms with Crippen LogP contribution in [0.15, 0.2) is 41.6 Å². The van der Waals surface area contributed by atoms with E-state index < -0.39 is 10.0 Å². The summed E-state index contributed by atoms with van der Waals surface area (Å²) in [4.78, 5) is 0. The summed E-state index contributed by atoms with van der Waals surface area (Å²) in [5, 5.41) is 5.99. The van der Waals surface area contributed by atoms with E-state index in [1.807, 2.05) is 0 Å². The minimum Gasteiger partial charge on any atom is -0.492 e. The third kappa shape index (κ3) is 3.70. The molecule has 7 nitrogen and oxygen atoms in total. The Labute approximate surface area is 110 Å². The van der Waals surface area contributed by atoms with Crippen LogP contribution in [0.1, 0.15) is 0 Å². The van der Waals surface area contributed by atoms with Gasteiger partial charge in [-0.15, -0.1) is 0 Å². The zero-order valence-corrected chi connectivity index (χ0v) is 10.9. The normalized spacial score (nSPS) is 11.4. The van der Waals surface area contributed by atoms with Crippen molar-refractivity contribution in [1.29, 1.82) is 0 Å². The second-order valence-electron chi connectivity index (χ2n) is 3.74. The number of anilines is 1. The molecule has 1 heterocycles. The molecule has 0 saturated heterocycles. The molecule has 0 saturated carbocycles. The van der Waals surface area contributed by atoms with E-state index in [9.17, 15) is 8.42 Å². The lowest BCUT2D eigenvalue weighted by molar-refractivity contribution is 0.323. The predicted octanol–water partition coefficient (Wildman–Crippen LogP) is 0.349. The van der Waals surface area contributed by atoms with Gasteiger partial charge in [0.05, 0.1) is 6.20 Å². The topological polar surface area (TPSA) is 110 Å². The van der Waals surface area contributed by atoms with E-state index in [2.05, 4.69) is 14.9 Å². The average Bonchev–Trinajstić information content (AvgIpc) is 2.89. The summed E-state index contributed by atoms with van der Waals surface area (Å²) >= 11 is 0. The fourth-order valence-corrected chi connectivity index (χ4v) is 2.34. The predicted molar refractivity (Wildman–Crippen MR) is 70.1 cm³/mol. The van der Waals surface area contributed by atoms with Gasteiger partial charge >= 0.3 is 0 Å². The van der Waals surface area contributed by atoms with Crippen molar-refractivity contribution in [2.45, 2.75) is 5.03 Å². The first kappa shape index (κ1) is 13.4. The largest absolute Gasteiger partial charge is 0.492 e. The monoisotopic (exact) mass is 282 g/mol. The van der Waals surface area contributed by atoms with Gasteiger partial charge in [0.1, 0.15) is 12.4 Å². The Bertz CT molecular complexity index is 625. The molecule has 102 valence electrons. The second-order valence-corrected chi connectivity index (χ2v) is 5.47. The lowest BCUT2D eigenvalue weighted by Crippen LogP contribution is -2.28. The van der Waals surface area contributed by atoms with E-state index in [1.54, 1.807) is 24.3 Å². The van der Waals surface area contributed by atoms with Crippen LogP contribution < -0.4 is 15.2 Å². The van der Waals surface area contributed by atoms with E-state index in [-0.39, 0.29) is 18.2 Å². The second kappa shape index (κ2) is 5.72. The number of hydrogen-bond acceptors (Lipinski definition) is 5. The summed E-state index contributed by atoms with van der Waals surface area (Å²) in [6.45, 7) is 0.354. The van der Waals surface area contributed by atoms with E-state index in [0.29, 0.717) is 11.4 Å². The van der Waals surface area contributed by atoms with Crippen LogP contribution in [0.4, 0.5) is 5.69 Å². The maximum absolute atomic E-state index is 11.7. The van der Waals surface area contributed by atoms with Gasteiger partial charge in [-0.05, 0) is 18.2 Å². The summed E-state index contributed by atoms with van der Waals surface area (Å²) < 4.78 is 31.2. The number of ether oxygens (including phenoxy) is 1. The van der Waals surface area contributed by atoms with Crippen molar-refractivity contribution in [3.63, 3.8) is 0 Å². The van der Waals surface area contributed by atoms with Crippen molar-refractivity contribution in [3.8, 4) is 5.75 Å². The number of nitrogens with zero attached hydrogens (tertiary/aromatic N) is 1. The number of nitrogen functional groups attached to an aromatic ring is 1. The summed E-state index contributed by atoms with van der Waals surface area (Å²) in [7, 11) is -3.55. The van der Waals surface area contributed by atoms with Crippen molar-refractivity contribution < 1.29 is 13.2 Å². The van der Waals surface area contributed by atoms with E-state index in [0.717, 1.165) is 0 Å². The third-order valence-electron chi connectivity index (χ3n) is 2.29. The van der Waals surface area contributed by atoms with Crippen LogP contribution in [0, 0.1) is 0 Å². The number of nitrogens with two attached hydrogens (primary N) is 1. The zero-order valence-electron chi connectivity index (χ0n) is 10.0. The van der Waals surface area contributed by atoms with E-state index in [4.69, 9.17) is 10.5 Å². The molecule has 1 aromatic carbocycles. The van der Waals surface area contributed by atoms with Crippen LogP contribution in [0.3, 0.4) is 0 Å². The average molecular weight is 282 g/mol. The van der Waals surface area contributed by atoms with Crippen molar-refractivity contribution >= 4 is 15.7 Å². The molecule has 2 aromatic rings. The summed E-state index contributed by atoms with van der Waals surface area (Å²) in [5.41, 5.74) is 6.19. The molecule has 8 heteroatoms. The van der Waals surface area contributed by atoms with Gasteiger partial charge in [0.2, 0.25) is 0 Å². The van der Waals surface area contributed by atoms with Crippen LogP contribution in [0.25, 0.3) is 0 Å². The molecule has 0 fully saturated rings. The highest BCUT2D eigenvalue weighted by atomic mass is 32.2. The van der Waals surface area contributed by atoms with Gasteiger partial charge < -0.3 is 10.5 Å². The van der Waals surface area contributed by atoms with Crippen molar-refractivity contribution in [2.75, 3.05) is 18.9 Å². The zero-order chi connectivity index (χ0) is 13.7. The maximum Gasteiger partial charge on any atom is 0.257 e. The lowest BCUT2D eigenvalue weighted by Gasteiger charge is -2.07. The number of nitrogens with one attached hydrogen (secondary N) is 2. The Morgan fingerprint density at radius 1 is 1.37 bits per heavy atom. The minimum atomic E-state index is -3.55. The number of hydrogen-bond donors (Lipinski definition) is 3. The van der Waals surface area contributed by atoms with Gasteiger partial charge in [-0.1, -0.05) is 6.07 Å². The van der Waals surface area contributed by atoms with Crippen molar-refractivity contribution in [3.05, 3.63) is 36.5 Å². The molecule has 0 aliphatic rings. The Morgan fingerprint density at radius 2 is 2.21 bits per heavy atom. The summed E-state index contributed by atoms with van der Waals surface area (Å²) in [6.07, 6.45) is 1.37. The number of rotatable bonds is 6. The first-order valence-electron chi connectivity index (χ1n) is 5.55. The first-order valence-corrected chi connectivity index (χ1v) is 7.03. The SMILES string of the molecule is Nc1cccc(OCCNS(=O)(=O)c2ccn[nH]2)c1. The van der Waals surface area contributed by atoms with Crippen molar-refractivity contribution in [1.82, 2.24) is 14.9 Å². The first-order chi connectivity index (χ1) is 9.08. The highest BCUT2D eigenvalue weighted by Crippen LogP contribution is 2.13. The van der Waals surface area contributed by atoms with Gasteiger partial charge in [0.25, 0.3) is 10.0 Å². The molecule has 4 N–H and O–H groups in total. The summed E-state index contributed by atoms with van der Waals surface area (Å²) in [5.74, 6) is 0.598. The van der Waals surface area contributed by atoms with E-state index >= 15 is 0 Å².